The molecule has 0 spiro atoms. The van der Waals surface area contributed by atoms with E-state index in [1.807, 2.05) is 67.6 Å². The number of hydrogen-bond donors (Lipinski definition) is 2. The number of hydrazone groups is 1. The van der Waals surface area contributed by atoms with Crippen LogP contribution >= 0.6 is 11.8 Å². The van der Waals surface area contributed by atoms with Crippen LogP contribution in [0.4, 0.5) is 0 Å². The van der Waals surface area contributed by atoms with Crippen LogP contribution in [0.3, 0.4) is 0 Å². The number of amides is 1. The lowest BCUT2D eigenvalue weighted by Crippen LogP contribution is -2.24. The number of aryl methyl sites for hydroxylation is 1. The summed E-state index contributed by atoms with van der Waals surface area (Å²) in [6.45, 7) is 1.98. The Hall–Kier alpha value is -4.43. The number of hydrogen-bond acceptors (Lipinski definition) is 6. The van der Waals surface area contributed by atoms with Gasteiger partial charge in [0.15, 0.2) is 5.16 Å². The highest BCUT2D eigenvalue weighted by atomic mass is 32.2. The van der Waals surface area contributed by atoms with Crippen LogP contribution in [0.25, 0.3) is 27.4 Å². The van der Waals surface area contributed by atoms with Gasteiger partial charge in [0.05, 0.1) is 28.6 Å². The van der Waals surface area contributed by atoms with E-state index in [0.717, 1.165) is 28.1 Å². The van der Waals surface area contributed by atoms with Gasteiger partial charge in [0.25, 0.3) is 11.5 Å². The van der Waals surface area contributed by atoms with Crippen molar-refractivity contribution in [2.75, 3.05) is 5.75 Å². The average molecular weight is 495 g/mol. The topological polar surface area (TPSA) is 96.6 Å². The molecule has 2 N–H and O–H groups in total. The number of rotatable bonds is 6. The Morgan fingerprint density at radius 3 is 2.53 bits per heavy atom. The number of benzene rings is 4. The van der Waals surface area contributed by atoms with Gasteiger partial charge in [0.1, 0.15) is 5.75 Å². The first-order valence-corrected chi connectivity index (χ1v) is 12.2. The predicted octanol–water partition coefficient (Wildman–Crippen LogP) is 4.80. The molecule has 0 aliphatic carbocycles. The summed E-state index contributed by atoms with van der Waals surface area (Å²) >= 11 is 1.15. The van der Waals surface area contributed by atoms with Crippen LogP contribution in [0.5, 0.6) is 5.75 Å². The number of aromatic nitrogens is 2. The quantitative estimate of drug-likeness (QED) is 0.153. The van der Waals surface area contributed by atoms with Crippen molar-refractivity contribution in [3.8, 4) is 11.4 Å². The van der Waals surface area contributed by atoms with E-state index in [1.54, 1.807) is 24.3 Å². The molecule has 36 heavy (non-hydrogen) atoms. The fourth-order valence-corrected chi connectivity index (χ4v) is 4.69. The molecule has 4 aromatic carbocycles. The Kier molecular flexibility index (Phi) is 6.51. The number of thioether (sulfide) groups is 1. The molecule has 0 aliphatic rings. The Labute approximate surface area is 211 Å². The van der Waals surface area contributed by atoms with Crippen LogP contribution in [-0.2, 0) is 4.79 Å². The summed E-state index contributed by atoms with van der Waals surface area (Å²) in [6.07, 6.45) is 1.43. The highest BCUT2D eigenvalue weighted by molar-refractivity contribution is 7.99. The van der Waals surface area contributed by atoms with Gasteiger partial charge in [-0.2, -0.15) is 5.10 Å². The van der Waals surface area contributed by atoms with E-state index >= 15 is 0 Å². The van der Waals surface area contributed by atoms with Crippen molar-refractivity contribution in [2.45, 2.75) is 12.1 Å². The van der Waals surface area contributed by atoms with Crippen molar-refractivity contribution in [3.05, 3.63) is 106 Å². The second-order valence-electron chi connectivity index (χ2n) is 8.19. The molecular formula is C28H22N4O3S. The molecule has 1 aromatic heterocycles. The molecule has 0 fully saturated rings. The summed E-state index contributed by atoms with van der Waals surface area (Å²) in [5, 5.41) is 17.0. The summed E-state index contributed by atoms with van der Waals surface area (Å²) in [5.74, 6) is -0.299. The molecule has 5 rings (SSSR count). The molecule has 0 saturated carbocycles. The molecule has 178 valence electrons. The van der Waals surface area contributed by atoms with Gasteiger partial charge >= 0.3 is 0 Å². The third kappa shape index (κ3) is 4.71. The second-order valence-corrected chi connectivity index (χ2v) is 9.13. The number of fused-ring (bicyclic) bond motifs is 2. The maximum atomic E-state index is 13.3. The van der Waals surface area contributed by atoms with Crippen LogP contribution in [0.2, 0.25) is 0 Å². The molecule has 5 aromatic rings. The van der Waals surface area contributed by atoms with Gasteiger partial charge in [-0.3, -0.25) is 14.2 Å². The van der Waals surface area contributed by atoms with Gasteiger partial charge in [0, 0.05) is 5.56 Å². The largest absolute Gasteiger partial charge is 0.507 e. The Bertz CT molecular complexity index is 1680. The molecule has 1 amide bonds. The molecule has 7 nitrogen and oxygen atoms in total. The minimum absolute atomic E-state index is 0.00446. The summed E-state index contributed by atoms with van der Waals surface area (Å²) in [5.41, 5.74) is 5.13. The Morgan fingerprint density at radius 2 is 1.72 bits per heavy atom. The summed E-state index contributed by atoms with van der Waals surface area (Å²) in [4.78, 5) is 30.5. The van der Waals surface area contributed by atoms with Crippen molar-refractivity contribution in [1.82, 2.24) is 15.0 Å². The number of carbonyl (C=O) groups is 1. The van der Waals surface area contributed by atoms with E-state index in [4.69, 9.17) is 0 Å². The predicted molar refractivity (Wildman–Crippen MR) is 144 cm³/mol. The van der Waals surface area contributed by atoms with Crippen molar-refractivity contribution in [2.24, 2.45) is 5.10 Å². The molecule has 0 unspecified atom stereocenters. The lowest BCUT2D eigenvalue weighted by Gasteiger charge is -2.13. The fourth-order valence-electron chi connectivity index (χ4n) is 3.88. The average Bonchev–Trinajstić information content (AvgIpc) is 2.89. The highest BCUT2D eigenvalue weighted by Crippen LogP contribution is 2.25. The number of aromatic hydroxyl groups is 1. The van der Waals surface area contributed by atoms with Gasteiger partial charge in [-0.05, 0) is 48.0 Å². The van der Waals surface area contributed by atoms with E-state index in [-0.39, 0.29) is 23.0 Å². The second kappa shape index (κ2) is 10.1. The third-order valence-corrected chi connectivity index (χ3v) is 6.64. The number of phenols is 1. The number of nitrogens with zero attached hydrogens (tertiary/aromatic N) is 3. The summed E-state index contributed by atoms with van der Waals surface area (Å²) in [6, 6.07) is 25.7. The van der Waals surface area contributed by atoms with Crippen molar-refractivity contribution in [1.29, 1.82) is 0 Å². The lowest BCUT2D eigenvalue weighted by molar-refractivity contribution is -0.118. The first-order valence-electron chi connectivity index (χ1n) is 11.3. The Balaban J connectivity index is 1.38. The summed E-state index contributed by atoms with van der Waals surface area (Å²) in [7, 11) is 0. The molecule has 8 heteroatoms. The normalized spacial score (nSPS) is 11.4. The van der Waals surface area contributed by atoms with Gasteiger partial charge in [0.2, 0.25) is 0 Å². The van der Waals surface area contributed by atoms with Crippen molar-refractivity contribution < 1.29 is 9.90 Å². The maximum Gasteiger partial charge on any atom is 0.266 e. The Morgan fingerprint density at radius 1 is 1.00 bits per heavy atom. The molecular weight excluding hydrogens is 472 g/mol. The van der Waals surface area contributed by atoms with Crippen LogP contribution < -0.4 is 11.0 Å². The van der Waals surface area contributed by atoms with Crippen LogP contribution in [0.1, 0.15) is 11.1 Å². The maximum absolute atomic E-state index is 13.3. The molecule has 0 atom stereocenters. The standard InChI is InChI=1S/C28H22N4O3S/c1-18-10-13-20(14-11-18)32-27(35)22-8-4-5-9-24(22)30-28(32)36-17-26(34)31-29-16-23-21-7-3-2-6-19(21)12-15-25(23)33/h2-16,33H,17H2,1H3,(H,31,34)/b29-16-. The molecule has 0 radical (unpaired) electrons. The molecule has 0 bridgehead atoms. The van der Waals surface area contributed by atoms with Crippen LogP contribution in [-0.4, -0.2) is 32.5 Å². The zero-order valence-corrected chi connectivity index (χ0v) is 20.2. The number of para-hydroxylation sites is 1. The number of carbonyl (C=O) groups excluding carboxylic acids is 1. The monoisotopic (exact) mass is 494 g/mol. The minimum Gasteiger partial charge on any atom is -0.507 e. The third-order valence-electron chi connectivity index (χ3n) is 5.70. The van der Waals surface area contributed by atoms with E-state index < -0.39 is 0 Å². The van der Waals surface area contributed by atoms with E-state index in [2.05, 4.69) is 15.5 Å². The minimum atomic E-state index is -0.367. The van der Waals surface area contributed by atoms with Gasteiger partial charge in [-0.15, -0.1) is 0 Å². The van der Waals surface area contributed by atoms with Gasteiger partial charge in [-0.25, -0.2) is 10.4 Å². The zero-order chi connectivity index (χ0) is 25.1. The molecule has 0 saturated heterocycles. The number of phenolic OH excluding ortho intramolecular Hbond substituents is 1. The fraction of sp³-hybridized carbons (Fsp3) is 0.0714. The number of nitrogens with one attached hydrogen (secondary N) is 1. The lowest BCUT2D eigenvalue weighted by atomic mass is 10.0. The summed E-state index contributed by atoms with van der Waals surface area (Å²) < 4.78 is 1.52. The van der Waals surface area contributed by atoms with Gasteiger partial charge in [-0.1, -0.05) is 71.9 Å². The van der Waals surface area contributed by atoms with Gasteiger partial charge < -0.3 is 5.11 Å². The molecule has 0 aliphatic heterocycles. The first-order chi connectivity index (χ1) is 17.5. The van der Waals surface area contributed by atoms with E-state index in [9.17, 15) is 14.7 Å². The zero-order valence-electron chi connectivity index (χ0n) is 19.4. The highest BCUT2D eigenvalue weighted by Gasteiger charge is 2.15. The smallest absolute Gasteiger partial charge is 0.266 e. The van der Waals surface area contributed by atoms with Crippen LogP contribution in [0.15, 0.2) is 100.0 Å². The SMILES string of the molecule is Cc1ccc(-n2c(SCC(=O)N/N=C\c3c(O)ccc4ccccc34)nc3ccccc3c2=O)cc1. The van der Waals surface area contributed by atoms with Crippen molar-refractivity contribution >= 4 is 45.6 Å². The molecule has 1 heterocycles. The van der Waals surface area contributed by atoms with E-state index in [1.165, 1.54) is 10.8 Å². The van der Waals surface area contributed by atoms with Crippen molar-refractivity contribution in [3.63, 3.8) is 0 Å². The first kappa shape index (κ1) is 23.3. The van der Waals surface area contributed by atoms with Crippen LogP contribution in [0, 0.1) is 6.92 Å². The van der Waals surface area contributed by atoms with E-state index in [0.29, 0.717) is 27.3 Å².